The topological polar surface area (TPSA) is 92.7 Å². The molecule has 0 bridgehead atoms. The lowest BCUT2D eigenvalue weighted by atomic mass is 9.97. The number of aromatic nitrogens is 5. The monoisotopic (exact) mass is 341 g/mol. The third-order valence-corrected chi connectivity index (χ3v) is 4.42. The van der Waals surface area contributed by atoms with Crippen LogP contribution in [0.25, 0.3) is 5.52 Å². The minimum absolute atomic E-state index is 0.0416. The number of anilines is 1. The van der Waals surface area contributed by atoms with Crippen molar-refractivity contribution >= 4 is 17.4 Å². The maximum atomic E-state index is 12.9. The molecule has 1 aliphatic heterocycles. The van der Waals surface area contributed by atoms with Gasteiger partial charge in [0, 0.05) is 33.4 Å². The molecule has 9 nitrogen and oxygen atoms in total. The third-order valence-electron chi connectivity index (χ3n) is 4.42. The molecule has 9 heteroatoms. The lowest BCUT2D eigenvalue weighted by Crippen LogP contribution is -2.39. The first-order chi connectivity index (χ1) is 12.1. The number of piperidine rings is 1. The molecule has 3 aromatic heterocycles. The summed E-state index contributed by atoms with van der Waals surface area (Å²) >= 11 is 0. The predicted molar refractivity (Wildman–Crippen MR) is 89.5 cm³/mol. The second-order valence-electron chi connectivity index (χ2n) is 6.37. The summed E-state index contributed by atoms with van der Waals surface area (Å²) in [4.78, 5) is 21.0. The largest absolute Gasteiger partial charge is 0.344 e. The molecule has 0 spiro atoms. The molecule has 0 radical (unpaired) electrons. The number of rotatable bonds is 3. The molecule has 3 aromatic rings. The van der Waals surface area contributed by atoms with Crippen molar-refractivity contribution < 1.29 is 9.32 Å². The molecule has 1 saturated heterocycles. The lowest BCUT2D eigenvalue weighted by molar-refractivity contribution is 0.0697. The number of nitrogens with zero attached hydrogens (tertiary/aromatic N) is 7. The molecule has 1 fully saturated rings. The first-order valence-electron chi connectivity index (χ1n) is 8.22. The molecule has 4 heterocycles. The average Bonchev–Trinajstić information content (AvgIpc) is 3.28. The van der Waals surface area contributed by atoms with E-state index in [9.17, 15) is 4.79 Å². The fourth-order valence-corrected chi connectivity index (χ4v) is 3.11. The summed E-state index contributed by atoms with van der Waals surface area (Å²) in [6.07, 6.45) is 5.04. The first kappa shape index (κ1) is 15.6. The maximum absolute atomic E-state index is 12.9. The average molecular weight is 341 g/mol. The smallest absolute Gasteiger partial charge is 0.265 e. The van der Waals surface area contributed by atoms with Crippen LogP contribution < -0.4 is 4.90 Å². The van der Waals surface area contributed by atoms with Crippen LogP contribution in [0.4, 0.5) is 5.95 Å². The summed E-state index contributed by atoms with van der Waals surface area (Å²) in [5.74, 6) is 1.15. The van der Waals surface area contributed by atoms with Crippen molar-refractivity contribution in [3.8, 4) is 0 Å². The molecule has 0 aromatic carbocycles. The second-order valence-corrected chi connectivity index (χ2v) is 6.37. The van der Waals surface area contributed by atoms with Crippen LogP contribution in [-0.2, 0) is 0 Å². The summed E-state index contributed by atoms with van der Waals surface area (Å²) in [5, 5.41) is 12.2. The zero-order valence-electron chi connectivity index (χ0n) is 14.2. The molecular weight excluding hydrogens is 322 g/mol. The molecule has 130 valence electrons. The second kappa shape index (κ2) is 6.15. The Labute approximate surface area is 144 Å². The number of fused-ring (bicyclic) bond motifs is 1. The van der Waals surface area contributed by atoms with E-state index in [1.165, 1.54) is 4.63 Å². The van der Waals surface area contributed by atoms with Crippen molar-refractivity contribution in [1.29, 1.82) is 0 Å². The van der Waals surface area contributed by atoms with E-state index in [4.69, 9.17) is 4.52 Å². The molecule has 25 heavy (non-hydrogen) atoms. The van der Waals surface area contributed by atoms with E-state index < -0.39 is 0 Å². The predicted octanol–water partition coefficient (Wildman–Crippen LogP) is 1.20. The highest BCUT2D eigenvalue weighted by Crippen LogP contribution is 2.28. The molecule has 0 N–H and O–H groups in total. The molecule has 1 aliphatic rings. The summed E-state index contributed by atoms with van der Waals surface area (Å²) in [5.41, 5.74) is 1.27. The number of carbonyl (C=O) groups excluding carboxylic acids is 1. The molecule has 1 atom stereocenters. The van der Waals surface area contributed by atoms with E-state index in [0.717, 1.165) is 12.8 Å². The van der Waals surface area contributed by atoms with E-state index in [2.05, 4.69) is 20.3 Å². The Balaban J connectivity index is 1.55. The van der Waals surface area contributed by atoms with E-state index in [1.807, 2.05) is 25.1 Å². The highest BCUT2D eigenvalue weighted by atomic mass is 16.5. The zero-order valence-corrected chi connectivity index (χ0v) is 14.2. The standard InChI is InChI=1S/C16H19N7O2/c1-21(2)16-19-14(25-20-16)11-5-4-8-22(10-11)15(24)12-9-18-23-13(12)6-3-7-17-23/h3,6-7,9,11H,4-5,8,10H2,1-2H3. The number of amides is 1. The summed E-state index contributed by atoms with van der Waals surface area (Å²) in [6, 6.07) is 3.64. The summed E-state index contributed by atoms with van der Waals surface area (Å²) < 4.78 is 6.86. The Kier molecular flexibility index (Phi) is 3.83. The Hall–Kier alpha value is -2.97. The molecule has 0 aliphatic carbocycles. The fourth-order valence-electron chi connectivity index (χ4n) is 3.11. The van der Waals surface area contributed by atoms with Gasteiger partial charge in [-0.25, -0.2) is 0 Å². The molecule has 4 rings (SSSR count). The summed E-state index contributed by atoms with van der Waals surface area (Å²) in [7, 11) is 3.73. The third kappa shape index (κ3) is 2.81. The Morgan fingerprint density at radius 3 is 3.04 bits per heavy atom. The van der Waals surface area contributed by atoms with Gasteiger partial charge in [0.25, 0.3) is 11.9 Å². The lowest BCUT2D eigenvalue weighted by Gasteiger charge is -2.30. The fraction of sp³-hybridized carbons (Fsp3) is 0.438. The van der Waals surface area contributed by atoms with Gasteiger partial charge in [0.15, 0.2) is 0 Å². The zero-order chi connectivity index (χ0) is 17.4. The van der Waals surface area contributed by atoms with E-state index in [1.54, 1.807) is 23.4 Å². The maximum Gasteiger partial charge on any atom is 0.265 e. The minimum atomic E-state index is -0.0416. The van der Waals surface area contributed by atoms with Crippen LogP contribution >= 0.6 is 0 Å². The van der Waals surface area contributed by atoms with E-state index >= 15 is 0 Å². The van der Waals surface area contributed by atoms with Crippen molar-refractivity contribution in [2.75, 3.05) is 32.1 Å². The number of likely N-dealkylation sites (tertiary alicyclic amines) is 1. The highest BCUT2D eigenvalue weighted by Gasteiger charge is 2.30. The number of hydrogen-bond acceptors (Lipinski definition) is 7. The number of carbonyl (C=O) groups is 1. The molecular formula is C16H19N7O2. The Bertz CT molecular complexity index is 901. The van der Waals surface area contributed by atoms with Crippen LogP contribution in [0.3, 0.4) is 0 Å². The van der Waals surface area contributed by atoms with Gasteiger partial charge in [-0.05, 0) is 30.1 Å². The summed E-state index contributed by atoms with van der Waals surface area (Å²) in [6.45, 7) is 1.27. The van der Waals surface area contributed by atoms with Crippen molar-refractivity contribution in [3.63, 3.8) is 0 Å². The van der Waals surface area contributed by atoms with Crippen LogP contribution in [0, 0.1) is 0 Å². The highest BCUT2D eigenvalue weighted by molar-refractivity contribution is 6.00. The van der Waals surface area contributed by atoms with E-state index in [0.29, 0.717) is 36.0 Å². The first-order valence-corrected chi connectivity index (χ1v) is 8.22. The van der Waals surface area contributed by atoms with Crippen LogP contribution in [0.5, 0.6) is 0 Å². The van der Waals surface area contributed by atoms with Gasteiger partial charge in [-0.1, -0.05) is 0 Å². The van der Waals surface area contributed by atoms with Gasteiger partial charge in [-0.15, -0.1) is 0 Å². The Morgan fingerprint density at radius 2 is 2.24 bits per heavy atom. The quantitative estimate of drug-likeness (QED) is 0.706. The van der Waals surface area contributed by atoms with Crippen LogP contribution in [-0.4, -0.2) is 63.0 Å². The van der Waals surface area contributed by atoms with Gasteiger partial charge in [-0.2, -0.15) is 19.8 Å². The normalized spacial score (nSPS) is 17.8. The van der Waals surface area contributed by atoms with Crippen LogP contribution in [0.2, 0.25) is 0 Å². The van der Waals surface area contributed by atoms with Gasteiger partial charge in [0.1, 0.15) is 5.52 Å². The van der Waals surface area contributed by atoms with Gasteiger partial charge in [-0.3, -0.25) is 4.79 Å². The minimum Gasteiger partial charge on any atom is -0.344 e. The van der Waals surface area contributed by atoms with Gasteiger partial charge >= 0.3 is 0 Å². The van der Waals surface area contributed by atoms with Gasteiger partial charge in [0.05, 0.1) is 17.7 Å². The van der Waals surface area contributed by atoms with Crippen molar-refractivity contribution in [1.82, 2.24) is 29.9 Å². The van der Waals surface area contributed by atoms with E-state index in [-0.39, 0.29) is 11.8 Å². The van der Waals surface area contributed by atoms with Crippen molar-refractivity contribution in [2.24, 2.45) is 0 Å². The molecule has 1 amide bonds. The van der Waals surface area contributed by atoms with Crippen molar-refractivity contribution in [2.45, 2.75) is 18.8 Å². The van der Waals surface area contributed by atoms with Crippen molar-refractivity contribution in [3.05, 3.63) is 36.0 Å². The van der Waals surface area contributed by atoms with Gasteiger partial charge < -0.3 is 14.3 Å². The molecule has 1 unspecified atom stereocenters. The van der Waals surface area contributed by atoms with Crippen LogP contribution in [0.15, 0.2) is 29.0 Å². The van der Waals surface area contributed by atoms with Crippen LogP contribution in [0.1, 0.15) is 35.0 Å². The number of hydrogen-bond donors (Lipinski definition) is 0. The SMILES string of the molecule is CN(C)c1noc(C2CCCN(C(=O)c3cnn4ncccc34)C2)n1. The molecule has 0 saturated carbocycles. The Morgan fingerprint density at radius 1 is 1.36 bits per heavy atom. The van der Waals surface area contributed by atoms with Gasteiger partial charge in [0.2, 0.25) is 5.89 Å².